The van der Waals surface area contributed by atoms with Crippen LogP contribution in [-0.2, 0) is 42.9 Å². The summed E-state index contributed by atoms with van der Waals surface area (Å²) in [6.07, 6.45) is -9.49. The predicted molar refractivity (Wildman–Crippen MR) is 207 cm³/mol. The lowest BCUT2D eigenvalue weighted by molar-refractivity contribution is -0.350. The molecule has 6 rings (SSSR count). The Balaban J connectivity index is 1.46. The highest BCUT2D eigenvalue weighted by molar-refractivity contribution is 6.40. The van der Waals surface area contributed by atoms with E-state index in [1.165, 1.54) is 19.1 Å². The second kappa shape index (κ2) is 15.4. The smallest absolute Gasteiger partial charge is 0.408 e. The van der Waals surface area contributed by atoms with Crippen LogP contribution in [0.4, 0.5) is 4.79 Å². The summed E-state index contributed by atoms with van der Waals surface area (Å²) in [5.41, 5.74) is -7.45. The lowest BCUT2D eigenvalue weighted by atomic mass is 9.42. The van der Waals surface area contributed by atoms with E-state index >= 15 is 0 Å². The first-order valence-corrected chi connectivity index (χ1v) is 19.9. The Kier molecular flexibility index (Phi) is 11.4. The Morgan fingerprint density at radius 2 is 1.59 bits per heavy atom. The van der Waals surface area contributed by atoms with Crippen molar-refractivity contribution in [2.45, 2.75) is 129 Å². The summed E-state index contributed by atoms with van der Waals surface area (Å²) in [4.78, 5) is 83.8. The Morgan fingerprint density at radius 3 is 2.15 bits per heavy atom. The van der Waals surface area contributed by atoms with Gasteiger partial charge in [-0.05, 0) is 52.3 Å². The van der Waals surface area contributed by atoms with Gasteiger partial charge in [-0.25, -0.2) is 14.4 Å². The first-order valence-electron chi connectivity index (χ1n) is 19.9. The summed E-state index contributed by atoms with van der Waals surface area (Å²) in [6.45, 7) is 13.6. The number of ether oxygens (including phenoxy) is 5. The zero-order valence-corrected chi connectivity index (χ0v) is 34.8. The summed E-state index contributed by atoms with van der Waals surface area (Å²) in [7, 11) is 0. The largest absolute Gasteiger partial charge is 0.460 e. The number of ketones is 2. The Hall–Kier alpha value is -4.70. The van der Waals surface area contributed by atoms with Gasteiger partial charge in [-0.15, -0.1) is 0 Å². The molecule has 2 aromatic rings. The number of hydrogen-bond donors (Lipinski definition) is 4. The fourth-order valence-electron chi connectivity index (χ4n) is 9.98. The molecule has 0 spiro atoms. The lowest BCUT2D eigenvalue weighted by Gasteiger charge is -2.67. The van der Waals surface area contributed by atoms with Crippen molar-refractivity contribution < 1.29 is 67.8 Å². The summed E-state index contributed by atoms with van der Waals surface area (Å²) in [5.74, 6) is -8.94. The van der Waals surface area contributed by atoms with Crippen LogP contribution in [0.1, 0.15) is 95.8 Å². The molecule has 59 heavy (non-hydrogen) atoms. The fourth-order valence-corrected chi connectivity index (χ4v) is 9.98. The zero-order chi connectivity index (χ0) is 43.6. The average molecular weight is 822 g/mol. The quantitative estimate of drug-likeness (QED) is 0.170. The van der Waals surface area contributed by atoms with Crippen LogP contribution in [0.5, 0.6) is 0 Å². The topological polar surface area (TPSA) is 221 Å². The number of benzene rings is 2. The van der Waals surface area contributed by atoms with Crippen LogP contribution in [0, 0.1) is 35.5 Å². The van der Waals surface area contributed by atoms with Gasteiger partial charge < -0.3 is 44.3 Å². The standard InChI is InChI=1S/C44H55NO14/c1-22-15-17-25(18-16-22)31(45-39(53)59-40(4,5)6)33(49)38(52)56-27-20-44(54)36(57-37(51)26-13-11-10-12-14-26)34-42(9,35(50)32(48)30(23(27)2)41(44,7)8)28(47)19-29-43(34,21-55-29)58-24(3)46/h10-18,23,27-31,33-34,36,47,49,54H,19-21H2,1-9H3,(H,45,53)/t23?,27-,28-,29+,30?,31-,33+,34-,36-,42+,43-,44+/m0/s1. The SMILES string of the molecule is CC(=O)O[C@@]12CO[C@@H]1C[C@H](O)[C@@]1(C)C(=O)C(=O)C3C(C)[C@@H](OC(=O)[C@H](O)[C@@H](NC(=O)OC(C)(C)C)c4ccc(C)cc4)C[C@@](O)([C@@H](OC(=O)c4ccccc4)[C@H]21)C3(C)C. The van der Waals surface area contributed by atoms with E-state index in [1.54, 1.807) is 84.0 Å². The maximum absolute atomic E-state index is 14.9. The van der Waals surface area contributed by atoms with E-state index < -0.39 is 124 Å². The van der Waals surface area contributed by atoms with E-state index in [4.69, 9.17) is 23.7 Å². The van der Waals surface area contributed by atoms with Gasteiger partial charge in [0.25, 0.3) is 0 Å². The van der Waals surface area contributed by atoms with E-state index in [0.29, 0.717) is 5.56 Å². The summed E-state index contributed by atoms with van der Waals surface area (Å²) >= 11 is 0. The normalized spacial score (nSPS) is 34.5. The van der Waals surface area contributed by atoms with Gasteiger partial charge in [0, 0.05) is 37.0 Å². The van der Waals surface area contributed by atoms with Crippen molar-refractivity contribution in [1.29, 1.82) is 0 Å². The third kappa shape index (κ3) is 7.44. The lowest BCUT2D eigenvalue weighted by Crippen LogP contribution is -2.82. The number of hydrogen-bond acceptors (Lipinski definition) is 14. The third-order valence-corrected chi connectivity index (χ3v) is 13.2. The molecule has 3 aliphatic carbocycles. The number of aliphatic hydroxyl groups excluding tert-OH is 2. The van der Waals surface area contributed by atoms with Crippen molar-refractivity contribution in [3.05, 3.63) is 71.3 Å². The number of alkyl carbamates (subject to hydrolysis) is 1. The number of aliphatic hydroxyl groups is 3. The number of amides is 1. The van der Waals surface area contributed by atoms with Gasteiger partial charge in [-0.2, -0.15) is 0 Å². The third-order valence-electron chi connectivity index (χ3n) is 13.2. The van der Waals surface area contributed by atoms with Gasteiger partial charge in [0.2, 0.25) is 11.6 Å². The molecule has 12 atom stereocenters. The molecule has 2 unspecified atom stereocenters. The van der Waals surface area contributed by atoms with Gasteiger partial charge in [-0.1, -0.05) is 68.8 Å². The van der Waals surface area contributed by atoms with Crippen molar-refractivity contribution >= 4 is 35.6 Å². The molecular weight excluding hydrogens is 766 g/mol. The number of fused-ring (bicyclic) bond motifs is 5. The molecule has 2 aromatic carbocycles. The molecule has 2 bridgehead atoms. The summed E-state index contributed by atoms with van der Waals surface area (Å²) < 4.78 is 29.6. The highest BCUT2D eigenvalue weighted by Crippen LogP contribution is 2.64. The van der Waals surface area contributed by atoms with Crippen LogP contribution < -0.4 is 5.32 Å². The van der Waals surface area contributed by atoms with Crippen molar-refractivity contribution in [3.8, 4) is 0 Å². The number of carbonyl (C=O) groups excluding carboxylic acids is 6. The van der Waals surface area contributed by atoms with Gasteiger partial charge in [0.1, 0.15) is 29.5 Å². The van der Waals surface area contributed by atoms with Crippen LogP contribution >= 0.6 is 0 Å². The number of carbonyl (C=O) groups is 6. The minimum atomic E-state index is -2.36. The Labute approximate surface area is 343 Å². The van der Waals surface area contributed by atoms with E-state index in [-0.39, 0.29) is 18.6 Å². The number of Topliss-reactive ketones (excluding diaryl/α,β-unsaturated/α-hetero) is 2. The van der Waals surface area contributed by atoms with Gasteiger partial charge >= 0.3 is 24.0 Å². The van der Waals surface area contributed by atoms with Crippen LogP contribution in [-0.4, -0.2) is 105 Å². The number of nitrogens with one attached hydrogen (secondary N) is 1. The van der Waals surface area contributed by atoms with Crippen LogP contribution in [0.15, 0.2) is 54.6 Å². The molecular formula is C44H55NO14. The maximum atomic E-state index is 14.9. The van der Waals surface area contributed by atoms with Crippen molar-refractivity contribution in [2.24, 2.45) is 28.6 Å². The summed E-state index contributed by atoms with van der Waals surface area (Å²) in [6, 6.07) is 13.1. The van der Waals surface area contributed by atoms with Gasteiger partial charge in [-0.3, -0.25) is 14.4 Å². The molecule has 1 amide bonds. The molecule has 15 heteroatoms. The van der Waals surface area contributed by atoms with Crippen LogP contribution in [0.3, 0.4) is 0 Å². The second-order valence-electron chi connectivity index (χ2n) is 18.4. The van der Waals surface area contributed by atoms with E-state index in [0.717, 1.165) is 12.5 Å². The second-order valence-corrected chi connectivity index (χ2v) is 18.4. The molecule has 15 nitrogen and oxygen atoms in total. The van der Waals surface area contributed by atoms with Gasteiger partial charge in [0.15, 0.2) is 11.7 Å². The fraction of sp³-hybridized carbons (Fsp3) is 0.591. The van der Waals surface area contributed by atoms with Crippen molar-refractivity contribution in [3.63, 3.8) is 0 Å². The minimum Gasteiger partial charge on any atom is -0.460 e. The molecule has 4 N–H and O–H groups in total. The molecule has 0 aromatic heterocycles. The number of esters is 3. The molecule has 1 heterocycles. The molecule has 0 radical (unpaired) electrons. The predicted octanol–water partition coefficient (Wildman–Crippen LogP) is 3.71. The average Bonchev–Trinajstić information content (AvgIpc) is 3.15. The van der Waals surface area contributed by atoms with Crippen molar-refractivity contribution in [1.82, 2.24) is 5.32 Å². The van der Waals surface area contributed by atoms with Gasteiger partial charge in [0.05, 0.1) is 35.6 Å². The minimum absolute atomic E-state index is 0.0748. The highest BCUT2D eigenvalue weighted by atomic mass is 16.6. The molecule has 3 saturated carbocycles. The van der Waals surface area contributed by atoms with Crippen LogP contribution in [0.2, 0.25) is 0 Å². The Morgan fingerprint density at radius 1 is 0.966 bits per heavy atom. The van der Waals surface area contributed by atoms with E-state index in [9.17, 15) is 44.1 Å². The Bertz CT molecular complexity index is 1990. The van der Waals surface area contributed by atoms with E-state index in [2.05, 4.69) is 5.32 Å². The molecule has 1 saturated heterocycles. The maximum Gasteiger partial charge on any atom is 0.408 e. The number of rotatable bonds is 8. The molecule has 4 aliphatic rings. The van der Waals surface area contributed by atoms with Crippen LogP contribution in [0.25, 0.3) is 0 Å². The number of aryl methyl sites for hydroxylation is 1. The highest BCUT2D eigenvalue weighted by Gasteiger charge is 2.79. The van der Waals surface area contributed by atoms with Crippen molar-refractivity contribution in [2.75, 3.05) is 6.61 Å². The first kappa shape index (κ1) is 43.9. The monoisotopic (exact) mass is 821 g/mol. The first-order chi connectivity index (χ1) is 27.4. The summed E-state index contributed by atoms with van der Waals surface area (Å²) in [5, 5.41) is 39.5. The molecule has 4 fully saturated rings. The molecule has 1 aliphatic heterocycles. The van der Waals surface area contributed by atoms with E-state index in [1.807, 2.05) is 6.92 Å². The molecule has 320 valence electrons. The zero-order valence-electron chi connectivity index (χ0n) is 34.8.